The summed E-state index contributed by atoms with van der Waals surface area (Å²) in [6.45, 7) is 4.85. The molecule has 4 heteroatoms. The molecule has 1 amide bonds. The number of amides is 1. The molecule has 0 bridgehead atoms. The predicted molar refractivity (Wildman–Crippen MR) is 83.1 cm³/mol. The average molecular weight is 295 g/mol. The molecule has 0 aliphatic carbocycles. The molecule has 0 unspecified atom stereocenters. The summed E-state index contributed by atoms with van der Waals surface area (Å²) in [6, 6.07) is 8.27. The van der Waals surface area contributed by atoms with Gasteiger partial charge in [-0.1, -0.05) is 36.7 Å². The molecule has 0 aromatic heterocycles. The van der Waals surface area contributed by atoms with Gasteiger partial charge in [0.05, 0.1) is 0 Å². The molecule has 1 aromatic carbocycles. The maximum atomic E-state index is 12.0. The lowest BCUT2D eigenvalue weighted by atomic mass is 10.1. The van der Waals surface area contributed by atoms with Gasteiger partial charge in [0.25, 0.3) is 0 Å². The molecule has 1 aromatic rings. The SMILES string of the molecule is CCNCC[C@H]1CCC(=O)N1CCc1ccccc1Cl. The van der Waals surface area contributed by atoms with Crippen LogP contribution < -0.4 is 5.32 Å². The van der Waals surface area contributed by atoms with Crippen molar-refractivity contribution in [3.05, 3.63) is 34.9 Å². The summed E-state index contributed by atoms with van der Waals surface area (Å²) in [5.41, 5.74) is 1.12. The van der Waals surface area contributed by atoms with Crippen molar-refractivity contribution >= 4 is 17.5 Å². The molecule has 1 fully saturated rings. The molecule has 3 nitrogen and oxygen atoms in total. The summed E-state index contributed by atoms with van der Waals surface area (Å²) in [5.74, 6) is 0.290. The van der Waals surface area contributed by atoms with Crippen LogP contribution in [0.2, 0.25) is 5.02 Å². The smallest absolute Gasteiger partial charge is 0.222 e. The summed E-state index contributed by atoms with van der Waals surface area (Å²) in [5, 5.41) is 4.13. The van der Waals surface area contributed by atoms with E-state index >= 15 is 0 Å². The van der Waals surface area contributed by atoms with Crippen molar-refractivity contribution in [1.82, 2.24) is 10.2 Å². The van der Waals surface area contributed by atoms with Crippen LogP contribution in [-0.4, -0.2) is 36.5 Å². The van der Waals surface area contributed by atoms with Gasteiger partial charge in [0.2, 0.25) is 5.91 Å². The third-order valence-electron chi connectivity index (χ3n) is 3.94. The van der Waals surface area contributed by atoms with Gasteiger partial charge in [-0.25, -0.2) is 0 Å². The number of halogens is 1. The van der Waals surface area contributed by atoms with Crippen LogP contribution in [0.3, 0.4) is 0 Å². The number of hydrogen-bond donors (Lipinski definition) is 1. The highest BCUT2D eigenvalue weighted by Gasteiger charge is 2.29. The fourth-order valence-electron chi connectivity index (χ4n) is 2.79. The molecule has 110 valence electrons. The van der Waals surface area contributed by atoms with E-state index in [9.17, 15) is 4.79 Å². The van der Waals surface area contributed by atoms with Gasteiger partial charge >= 0.3 is 0 Å². The monoisotopic (exact) mass is 294 g/mol. The number of benzene rings is 1. The summed E-state index contributed by atoms with van der Waals surface area (Å²) in [6.07, 6.45) is 3.57. The third kappa shape index (κ3) is 3.97. The second-order valence-electron chi connectivity index (χ2n) is 5.26. The quantitative estimate of drug-likeness (QED) is 0.784. The summed E-state index contributed by atoms with van der Waals surface area (Å²) < 4.78 is 0. The van der Waals surface area contributed by atoms with Crippen molar-refractivity contribution in [3.8, 4) is 0 Å². The number of carbonyl (C=O) groups is 1. The fourth-order valence-corrected chi connectivity index (χ4v) is 3.02. The van der Waals surface area contributed by atoms with Gasteiger partial charge in [0.15, 0.2) is 0 Å². The Morgan fingerprint density at radius 1 is 1.40 bits per heavy atom. The lowest BCUT2D eigenvalue weighted by Crippen LogP contribution is -2.36. The molecule has 0 spiro atoms. The Morgan fingerprint density at radius 2 is 2.20 bits per heavy atom. The Balaban J connectivity index is 1.89. The van der Waals surface area contributed by atoms with Crippen molar-refractivity contribution in [3.63, 3.8) is 0 Å². The minimum Gasteiger partial charge on any atom is -0.339 e. The third-order valence-corrected chi connectivity index (χ3v) is 4.31. The number of nitrogens with zero attached hydrogens (tertiary/aromatic N) is 1. The lowest BCUT2D eigenvalue weighted by molar-refractivity contribution is -0.129. The van der Waals surface area contributed by atoms with Crippen molar-refractivity contribution in [2.45, 2.75) is 38.6 Å². The molecule has 1 heterocycles. The van der Waals surface area contributed by atoms with Crippen LogP contribution in [-0.2, 0) is 11.2 Å². The first-order valence-corrected chi connectivity index (χ1v) is 7.83. The summed E-state index contributed by atoms with van der Waals surface area (Å²) in [7, 11) is 0. The van der Waals surface area contributed by atoms with Gasteiger partial charge in [-0.15, -0.1) is 0 Å². The molecule has 1 N–H and O–H groups in total. The first-order chi connectivity index (χ1) is 9.72. The first kappa shape index (κ1) is 15.3. The van der Waals surface area contributed by atoms with Crippen LogP contribution in [0.4, 0.5) is 0 Å². The topological polar surface area (TPSA) is 32.3 Å². The second kappa shape index (κ2) is 7.65. The van der Waals surface area contributed by atoms with E-state index in [0.717, 1.165) is 49.5 Å². The minimum atomic E-state index is 0.290. The molecule has 20 heavy (non-hydrogen) atoms. The maximum Gasteiger partial charge on any atom is 0.222 e. The van der Waals surface area contributed by atoms with Gasteiger partial charge in [-0.05, 0) is 44.0 Å². The molecule has 0 saturated carbocycles. The normalized spacial score (nSPS) is 18.8. The first-order valence-electron chi connectivity index (χ1n) is 7.46. The Labute approximate surface area is 126 Å². The summed E-state index contributed by atoms with van der Waals surface area (Å²) >= 11 is 6.17. The lowest BCUT2D eigenvalue weighted by Gasteiger charge is -2.25. The zero-order chi connectivity index (χ0) is 14.4. The average Bonchev–Trinajstić information content (AvgIpc) is 2.79. The van der Waals surface area contributed by atoms with Gasteiger partial charge in [0, 0.05) is 24.0 Å². The van der Waals surface area contributed by atoms with Gasteiger partial charge < -0.3 is 10.2 Å². The zero-order valence-corrected chi connectivity index (χ0v) is 12.8. The number of likely N-dealkylation sites (tertiary alicyclic amines) is 1. The van der Waals surface area contributed by atoms with Crippen molar-refractivity contribution in [2.75, 3.05) is 19.6 Å². The van der Waals surface area contributed by atoms with E-state index in [0.29, 0.717) is 18.4 Å². The van der Waals surface area contributed by atoms with Crippen molar-refractivity contribution in [2.24, 2.45) is 0 Å². The Kier molecular flexibility index (Phi) is 5.86. The standard InChI is InChI=1S/C16H23ClN2O/c1-2-18-11-9-14-7-8-16(20)19(14)12-10-13-5-3-4-6-15(13)17/h3-6,14,18H,2,7-12H2,1H3/t14-/m1/s1. The number of nitrogens with one attached hydrogen (secondary N) is 1. The predicted octanol–water partition coefficient (Wildman–Crippen LogP) is 2.87. The largest absolute Gasteiger partial charge is 0.339 e. The minimum absolute atomic E-state index is 0.290. The van der Waals surface area contributed by atoms with Crippen molar-refractivity contribution < 1.29 is 4.79 Å². The molecule has 0 radical (unpaired) electrons. The molecule has 1 aliphatic heterocycles. The highest BCUT2D eigenvalue weighted by atomic mass is 35.5. The van der Waals surface area contributed by atoms with Crippen LogP contribution in [0.1, 0.15) is 31.7 Å². The van der Waals surface area contributed by atoms with Gasteiger partial charge in [-0.3, -0.25) is 4.79 Å². The molecule has 2 rings (SSSR count). The van der Waals surface area contributed by atoms with Crippen LogP contribution in [0.5, 0.6) is 0 Å². The van der Waals surface area contributed by atoms with E-state index in [1.54, 1.807) is 0 Å². The Morgan fingerprint density at radius 3 is 2.95 bits per heavy atom. The Hall–Kier alpha value is -1.06. The molecular weight excluding hydrogens is 272 g/mol. The fraction of sp³-hybridized carbons (Fsp3) is 0.562. The van der Waals surface area contributed by atoms with Crippen LogP contribution in [0.25, 0.3) is 0 Å². The van der Waals surface area contributed by atoms with Crippen molar-refractivity contribution in [1.29, 1.82) is 0 Å². The van der Waals surface area contributed by atoms with E-state index in [1.807, 2.05) is 29.2 Å². The van der Waals surface area contributed by atoms with E-state index in [-0.39, 0.29) is 0 Å². The molecule has 1 saturated heterocycles. The van der Waals surface area contributed by atoms with Gasteiger partial charge in [0.1, 0.15) is 0 Å². The van der Waals surface area contributed by atoms with E-state index in [1.165, 1.54) is 0 Å². The second-order valence-corrected chi connectivity index (χ2v) is 5.67. The Bertz CT molecular complexity index is 450. The van der Waals surface area contributed by atoms with E-state index in [2.05, 4.69) is 12.2 Å². The number of carbonyl (C=O) groups excluding carboxylic acids is 1. The zero-order valence-electron chi connectivity index (χ0n) is 12.1. The number of rotatable bonds is 7. The number of hydrogen-bond acceptors (Lipinski definition) is 2. The van der Waals surface area contributed by atoms with E-state index < -0.39 is 0 Å². The highest BCUT2D eigenvalue weighted by molar-refractivity contribution is 6.31. The van der Waals surface area contributed by atoms with Crippen LogP contribution in [0.15, 0.2) is 24.3 Å². The highest BCUT2D eigenvalue weighted by Crippen LogP contribution is 2.23. The molecular formula is C16H23ClN2O. The molecule has 1 aliphatic rings. The van der Waals surface area contributed by atoms with Crippen LogP contribution >= 0.6 is 11.6 Å². The van der Waals surface area contributed by atoms with Crippen LogP contribution in [0, 0.1) is 0 Å². The molecule has 1 atom stereocenters. The van der Waals surface area contributed by atoms with E-state index in [4.69, 9.17) is 11.6 Å². The van der Waals surface area contributed by atoms with Gasteiger partial charge in [-0.2, -0.15) is 0 Å². The summed E-state index contributed by atoms with van der Waals surface area (Å²) in [4.78, 5) is 14.0. The maximum absolute atomic E-state index is 12.0.